The Hall–Kier alpha value is -4.26. The first-order valence-corrected chi connectivity index (χ1v) is 13.3. The second-order valence-corrected chi connectivity index (χ2v) is 9.30. The summed E-state index contributed by atoms with van der Waals surface area (Å²) in [7, 11) is 1.55. The molecule has 1 N–H and O–H groups in total. The third kappa shape index (κ3) is 6.25. The molecule has 1 atom stereocenters. The molecule has 0 saturated carbocycles. The van der Waals surface area contributed by atoms with Crippen molar-refractivity contribution in [1.29, 1.82) is 0 Å². The lowest BCUT2D eigenvalue weighted by atomic mass is 9.94. The summed E-state index contributed by atoms with van der Waals surface area (Å²) in [5.74, 6) is 0.135. The lowest BCUT2D eigenvalue weighted by molar-refractivity contribution is -0.139. The van der Waals surface area contributed by atoms with Crippen molar-refractivity contribution < 1.29 is 28.9 Å². The maximum Gasteiger partial charge on any atom is 0.295 e. The van der Waals surface area contributed by atoms with Crippen LogP contribution in [-0.4, -0.2) is 48.6 Å². The maximum atomic E-state index is 13.4. The predicted octanol–water partition coefficient (Wildman–Crippen LogP) is 5.94. The number of nitrogens with zero attached hydrogens (tertiary/aromatic N) is 1. The van der Waals surface area contributed by atoms with Crippen molar-refractivity contribution in [2.24, 2.45) is 0 Å². The van der Waals surface area contributed by atoms with Crippen LogP contribution in [0.2, 0.25) is 0 Å². The number of benzene rings is 3. The molecule has 7 nitrogen and oxygen atoms in total. The molecule has 1 unspecified atom stereocenters. The van der Waals surface area contributed by atoms with Gasteiger partial charge in [0.05, 0.1) is 31.9 Å². The Morgan fingerprint density at radius 2 is 1.67 bits per heavy atom. The zero-order valence-electron chi connectivity index (χ0n) is 22.7. The molecule has 0 aliphatic carbocycles. The SMILES string of the molecule is CCCCOc1ccc(C2/C(=C(\O)c3ccc(OCC)cc3)C(=O)C(=O)N2CCc2ccccc2)cc1OC. The highest BCUT2D eigenvalue weighted by Gasteiger charge is 2.46. The molecule has 0 bridgehead atoms. The van der Waals surface area contributed by atoms with E-state index in [0.29, 0.717) is 54.6 Å². The molecule has 0 radical (unpaired) electrons. The van der Waals surface area contributed by atoms with Crippen LogP contribution in [0.1, 0.15) is 49.4 Å². The van der Waals surface area contributed by atoms with Crippen LogP contribution in [0.3, 0.4) is 0 Å². The Labute approximate surface area is 229 Å². The van der Waals surface area contributed by atoms with Crippen molar-refractivity contribution >= 4 is 17.4 Å². The fourth-order valence-corrected chi connectivity index (χ4v) is 4.68. The van der Waals surface area contributed by atoms with Gasteiger partial charge < -0.3 is 24.2 Å². The molecule has 1 saturated heterocycles. The van der Waals surface area contributed by atoms with Gasteiger partial charge in [0.25, 0.3) is 11.7 Å². The van der Waals surface area contributed by atoms with Crippen LogP contribution in [0, 0.1) is 0 Å². The van der Waals surface area contributed by atoms with Crippen LogP contribution in [0.4, 0.5) is 0 Å². The zero-order valence-corrected chi connectivity index (χ0v) is 22.7. The Bertz CT molecular complexity index is 1320. The summed E-state index contributed by atoms with van der Waals surface area (Å²) in [6, 6.07) is 21.2. The van der Waals surface area contributed by atoms with Gasteiger partial charge in [0.15, 0.2) is 11.5 Å². The summed E-state index contributed by atoms with van der Waals surface area (Å²) in [5.41, 5.74) is 2.16. The monoisotopic (exact) mass is 529 g/mol. The largest absolute Gasteiger partial charge is 0.507 e. The number of hydrogen-bond donors (Lipinski definition) is 1. The number of carbonyl (C=O) groups is 2. The summed E-state index contributed by atoms with van der Waals surface area (Å²) < 4.78 is 17.0. The van der Waals surface area contributed by atoms with Crippen molar-refractivity contribution in [1.82, 2.24) is 4.90 Å². The van der Waals surface area contributed by atoms with Crippen LogP contribution in [0.15, 0.2) is 78.4 Å². The van der Waals surface area contributed by atoms with E-state index in [1.54, 1.807) is 43.5 Å². The number of Topliss-reactive ketones (excluding diaryl/α,β-unsaturated/α-hetero) is 1. The van der Waals surface area contributed by atoms with Crippen molar-refractivity contribution in [3.8, 4) is 17.2 Å². The molecule has 0 spiro atoms. The first-order valence-electron chi connectivity index (χ1n) is 13.3. The quantitative estimate of drug-likeness (QED) is 0.135. The second kappa shape index (κ2) is 13.0. The fraction of sp³-hybridized carbons (Fsp3) is 0.312. The Balaban J connectivity index is 1.76. The van der Waals surface area contributed by atoms with Crippen LogP contribution >= 0.6 is 0 Å². The number of ketones is 1. The molecular formula is C32H35NO6. The number of amides is 1. The average molecular weight is 530 g/mol. The van der Waals surface area contributed by atoms with E-state index in [0.717, 1.165) is 18.4 Å². The summed E-state index contributed by atoms with van der Waals surface area (Å²) in [6.07, 6.45) is 2.47. The number of hydrogen-bond acceptors (Lipinski definition) is 6. The lowest BCUT2D eigenvalue weighted by Gasteiger charge is -2.26. The van der Waals surface area contributed by atoms with E-state index in [1.165, 1.54) is 4.90 Å². The van der Waals surface area contributed by atoms with Crippen LogP contribution in [-0.2, 0) is 16.0 Å². The van der Waals surface area contributed by atoms with Gasteiger partial charge in [-0.1, -0.05) is 49.7 Å². The molecule has 4 rings (SSSR count). The molecule has 39 heavy (non-hydrogen) atoms. The highest BCUT2D eigenvalue weighted by molar-refractivity contribution is 6.46. The topological polar surface area (TPSA) is 85.3 Å². The number of aliphatic hydroxyl groups excluding tert-OH is 1. The number of ether oxygens (including phenoxy) is 3. The predicted molar refractivity (Wildman–Crippen MR) is 150 cm³/mol. The second-order valence-electron chi connectivity index (χ2n) is 9.30. The van der Waals surface area contributed by atoms with E-state index < -0.39 is 17.7 Å². The third-order valence-corrected chi connectivity index (χ3v) is 6.72. The molecule has 1 aliphatic heterocycles. The van der Waals surface area contributed by atoms with Gasteiger partial charge in [-0.2, -0.15) is 0 Å². The van der Waals surface area contributed by atoms with Gasteiger partial charge in [-0.25, -0.2) is 0 Å². The van der Waals surface area contributed by atoms with E-state index in [-0.39, 0.29) is 11.3 Å². The third-order valence-electron chi connectivity index (χ3n) is 6.72. The summed E-state index contributed by atoms with van der Waals surface area (Å²) >= 11 is 0. The summed E-state index contributed by atoms with van der Waals surface area (Å²) in [6.45, 7) is 5.35. The Kier molecular flexibility index (Phi) is 9.26. The normalized spacial score (nSPS) is 16.4. The van der Waals surface area contributed by atoms with Gasteiger partial charge in [0.1, 0.15) is 11.5 Å². The molecule has 1 aliphatic rings. The molecule has 0 aromatic heterocycles. The minimum absolute atomic E-state index is 0.0407. The minimum Gasteiger partial charge on any atom is -0.507 e. The van der Waals surface area contributed by atoms with Gasteiger partial charge in [0, 0.05) is 12.1 Å². The van der Waals surface area contributed by atoms with Crippen molar-refractivity contribution in [2.45, 2.75) is 39.2 Å². The van der Waals surface area contributed by atoms with Crippen LogP contribution in [0.25, 0.3) is 5.76 Å². The summed E-state index contributed by atoms with van der Waals surface area (Å²) in [5, 5.41) is 11.4. The van der Waals surface area contributed by atoms with Gasteiger partial charge in [-0.15, -0.1) is 0 Å². The maximum absolute atomic E-state index is 13.4. The van der Waals surface area contributed by atoms with Crippen molar-refractivity contribution in [3.63, 3.8) is 0 Å². The van der Waals surface area contributed by atoms with E-state index in [2.05, 4.69) is 6.92 Å². The summed E-state index contributed by atoms with van der Waals surface area (Å²) in [4.78, 5) is 28.3. The zero-order chi connectivity index (χ0) is 27.8. The van der Waals surface area contributed by atoms with Gasteiger partial charge in [0.2, 0.25) is 0 Å². The van der Waals surface area contributed by atoms with Gasteiger partial charge in [-0.05, 0) is 67.3 Å². The first kappa shape index (κ1) is 27.8. The number of carbonyl (C=O) groups excluding carboxylic acids is 2. The van der Waals surface area contributed by atoms with E-state index in [4.69, 9.17) is 14.2 Å². The van der Waals surface area contributed by atoms with E-state index in [1.807, 2.05) is 43.3 Å². The van der Waals surface area contributed by atoms with Crippen molar-refractivity contribution in [3.05, 3.63) is 95.1 Å². The number of aliphatic hydroxyl groups is 1. The van der Waals surface area contributed by atoms with Crippen molar-refractivity contribution in [2.75, 3.05) is 26.9 Å². The molecule has 3 aromatic carbocycles. The molecule has 204 valence electrons. The number of methoxy groups -OCH3 is 1. The number of unbranched alkanes of at least 4 members (excludes halogenated alkanes) is 1. The number of rotatable bonds is 12. The molecule has 1 amide bonds. The minimum atomic E-state index is -0.793. The Morgan fingerprint density at radius 1 is 0.923 bits per heavy atom. The molecule has 1 heterocycles. The van der Waals surface area contributed by atoms with Crippen LogP contribution < -0.4 is 14.2 Å². The lowest BCUT2D eigenvalue weighted by Crippen LogP contribution is -2.31. The van der Waals surface area contributed by atoms with Crippen LogP contribution in [0.5, 0.6) is 17.2 Å². The Morgan fingerprint density at radius 3 is 2.33 bits per heavy atom. The average Bonchev–Trinajstić information content (AvgIpc) is 3.22. The molecule has 7 heteroatoms. The highest BCUT2D eigenvalue weighted by atomic mass is 16.5. The van der Waals surface area contributed by atoms with E-state index >= 15 is 0 Å². The fourth-order valence-electron chi connectivity index (χ4n) is 4.68. The molecule has 3 aromatic rings. The van der Waals surface area contributed by atoms with Gasteiger partial charge >= 0.3 is 0 Å². The first-order chi connectivity index (χ1) is 19.0. The molecule has 1 fully saturated rings. The van der Waals surface area contributed by atoms with Gasteiger partial charge in [-0.3, -0.25) is 9.59 Å². The number of likely N-dealkylation sites (tertiary alicyclic amines) is 1. The standard InChI is InChI=1S/C32H35NO6/c1-4-6-20-39-26-17-14-24(21-27(26)37-3)29-28(30(34)23-12-15-25(16-13-23)38-5-2)31(35)32(36)33(29)19-18-22-10-8-7-9-11-22/h7-17,21,29,34H,4-6,18-20H2,1-3H3/b30-28+. The highest BCUT2D eigenvalue weighted by Crippen LogP contribution is 2.42. The molecular weight excluding hydrogens is 494 g/mol. The van der Waals surface area contributed by atoms with E-state index in [9.17, 15) is 14.7 Å². The smallest absolute Gasteiger partial charge is 0.295 e.